The van der Waals surface area contributed by atoms with E-state index >= 15 is 0 Å². The Bertz CT molecular complexity index is 528. The molecule has 0 saturated heterocycles. The van der Waals surface area contributed by atoms with Crippen LogP contribution in [0.4, 0.5) is 0 Å². The zero-order valence-electron chi connectivity index (χ0n) is 14.2. The van der Waals surface area contributed by atoms with Crippen LogP contribution < -0.4 is 0 Å². The lowest BCUT2D eigenvalue weighted by atomic mass is 9.75. The van der Waals surface area contributed by atoms with Gasteiger partial charge in [-0.05, 0) is 58.1 Å². The first-order valence-corrected chi connectivity index (χ1v) is 8.37. The monoisotopic (exact) mass is 290 g/mol. The molecular weight excluding hydrogens is 260 g/mol. The first-order chi connectivity index (χ1) is 9.78. The van der Waals surface area contributed by atoms with Crippen LogP contribution in [0.2, 0.25) is 0 Å². The van der Waals surface area contributed by atoms with Gasteiger partial charge in [-0.25, -0.2) is 0 Å². The van der Waals surface area contributed by atoms with Gasteiger partial charge in [0.25, 0.3) is 0 Å². The highest BCUT2D eigenvalue weighted by Gasteiger charge is 2.35. The summed E-state index contributed by atoms with van der Waals surface area (Å²) in [7, 11) is 2.26. The van der Waals surface area contributed by atoms with Crippen LogP contribution in [0.3, 0.4) is 0 Å². The van der Waals surface area contributed by atoms with Crippen LogP contribution in [-0.4, -0.2) is 33.7 Å². The van der Waals surface area contributed by atoms with Crippen LogP contribution in [0.25, 0.3) is 0 Å². The molecule has 0 amide bonds. The Morgan fingerprint density at radius 2 is 2.10 bits per heavy atom. The average molecular weight is 290 g/mol. The number of fused-ring (bicyclic) bond motifs is 1. The van der Waals surface area contributed by atoms with Gasteiger partial charge in [-0.15, -0.1) is 0 Å². The molecule has 1 aromatic heterocycles. The standard InChI is InChI=1S/C18H30N2O/c1-12-8-15-16(9-18(3,4)10-17(15)21)20(12)11-13(2)19(5)14-6-7-14/h8,13-14,17,21H,6-7,9-11H2,1-5H3. The van der Waals surface area contributed by atoms with Crippen LogP contribution in [0, 0.1) is 12.3 Å². The topological polar surface area (TPSA) is 28.4 Å². The molecule has 3 nitrogen and oxygen atoms in total. The first kappa shape index (κ1) is 15.1. The number of aryl methyl sites for hydroxylation is 1. The summed E-state index contributed by atoms with van der Waals surface area (Å²) in [5.74, 6) is 0. The van der Waals surface area contributed by atoms with Gasteiger partial charge in [-0.2, -0.15) is 0 Å². The second-order valence-corrected chi connectivity index (χ2v) is 8.10. The first-order valence-electron chi connectivity index (χ1n) is 8.37. The van der Waals surface area contributed by atoms with Gasteiger partial charge in [-0.3, -0.25) is 4.90 Å². The van der Waals surface area contributed by atoms with Gasteiger partial charge < -0.3 is 9.67 Å². The zero-order valence-corrected chi connectivity index (χ0v) is 14.2. The highest BCUT2D eigenvalue weighted by atomic mass is 16.3. The van der Waals surface area contributed by atoms with Gasteiger partial charge in [-0.1, -0.05) is 13.8 Å². The summed E-state index contributed by atoms with van der Waals surface area (Å²) < 4.78 is 2.46. The molecule has 0 aliphatic heterocycles. The van der Waals surface area contributed by atoms with E-state index in [1.807, 2.05) is 0 Å². The minimum absolute atomic E-state index is 0.195. The largest absolute Gasteiger partial charge is 0.388 e. The fourth-order valence-corrected chi connectivity index (χ4v) is 3.89. The average Bonchev–Trinajstić information content (AvgIpc) is 3.17. The van der Waals surface area contributed by atoms with E-state index in [2.05, 4.69) is 50.3 Å². The molecule has 3 heteroatoms. The fraction of sp³-hybridized carbons (Fsp3) is 0.778. The molecular formula is C18H30N2O. The molecule has 1 saturated carbocycles. The quantitative estimate of drug-likeness (QED) is 0.922. The number of hydrogen-bond donors (Lipinski definition) is 1. The third-order valence-corrected chi connectivity index (χ3v) is 5.47. The molecule has 1 N–H and O–H groups in total. The third kappa shape index (κ3) is 2.91. The molecule has 0 spiro atoms. The second kappa shape index (κ2) is 5.13. The molecule has 1 heterocycles. The number of likely N-dealkylation sites (N-methyl/N-ethyl adjacent to an activating group) is 1. The van der Waals surface area contributed by atoms with Crippen molar-refractivity contribution in [3.05, 3.63) is 23.0 Å². The van der Waals surface area contributed by atoms with E-state index in [4.69, 9.17) is 0 Å². The van der Waals surface area contributed by atoms with Crippen molar-refractivity contribution in [2.75, 3.05) is 7.05 Å². The SMILES string of the molecule is Cc1cc2c(n1CC(C)N(C)C1CC1)CC(C)(C)CC2O. The Kier molecular flexibility index (Phi) is 3.69. The molecule has 2 aliphatic rings. The molecule has 1 aromatic rings. The van der Waals surface area contributed by atoms with Gasteiger partial charge in [0.15, 0.2) is 0 Å². The van der Waals surface area contributed by atoms with Gasteiger partial charge in [0.05, 0.1) is 6.10 Å². The summed E-state index contributed by atoms with van der Waals surface area (Å²) in [4.78, 5) is 2.52. The van der Waals surface area contributed by atoms with E-state index in [1.165, 1.54) is 29.8 Å². The van der Waals surface area contributed by atoms with Gasteiger partial charge in [0.2, 0.25) is 0 Å². The molecule has 2 aliphatic carbocycles. The van der Waals surface area contributed by atoms with Crippen LogP contribution in [0.5, 0.6) is 0 Å². The molecule has 0 bridgehead atoms. The summed E-state index contributed by atoms with van der Waals surface area (Å²) in [5.41, 5.74) is 4.04. The predicted octanol–water partition coefficient (Wildman–Crippen LogP) is 3.29. The van der Waals surface area contributed by atoms with Gasteiger partial charge >= 0.3 is 0 Å². The van der Waals surface area contributed by atoms with Crippen molar-refractivity contribution >= 4 is 0 Å². The van der Waals surface area contributed by atoms with Crippen LogP contribution in [0.1, 0.15) is 63.1 Å². The maximum Gasteiger partial charge on any atom is 0.0812 e. The molecule has 3 rings (SSSR count). The summed E-state index contributed by atoms with van der Waals surface area (Å²) >= 11 is 0. The van der Waals surface area contributed by atoms with Crippen molar-refractivity contribution in [2.45, 2.75) is 78.1 Å². The number of aromatic nitrogens is 1. The maximum absolute atomic E-state index is 10.5. The van der Waals surface area contributed by atoms with E-state index in [0.717, 1.165) is 25.4 Å². The summed E-state index contributed by atoms with van der Waals surface area (Å²) in [5, 5.41) is 10.5. The van der Waals surface area contributed by atoms with Gasteiger partial charge in [0.1, 0.15) is 0 Å². The number of hydrogen-bond acceptors (Lipinski definition) is 2. The number of nitrogens with zero attached hydrogens (tertiary/aromatic N) is 2. The zero-order chi connectivity index (χ0) is 15.4. The second-order valence-electron chi connectivity index (χ2n) is 8.10. The minimum Gasteiger partial charge on any atom is -0.388 e. The Labute approximate surface area is 129 Å². The van der Waals surface area contributed by atoms with Crippen molar-refractivity contribution in [3.8, 4) is 0 Å². The molecule has 118 valence electrons. The number of aliphatic hydroxyl groups is 1. The lowest BCUT2D eigenvalue weighted by Gasteiger charge is -2.35. The molecule has 2 atom stereocenters. The van der Waals surface area contributed by atoms with E-state index in [-0.39, 0.29) is 11.5 Å². The van der Waals surface area contributed by atoms with Crippen LogP contribution in [0.15, 0.2) is 6.07 Å². The van der Waals surface area contributed by atoms with Crippen LogP contribution >= 0.6 is 0 Å². The van der Waals surface area contributed by atoms with Crippen molar-refractivity contribution in [2.24, 2.45) is 5.41 Å². The number of rotatable bonds is 4. The minimum atomic E-state index is -0.292. The molecule has 1 fully saturated rings. The van der Waals surface area contributed by atoms with Gasteiger partial charge in [0, 0.05) is 35.6 Å². The summed E-state index contributed by atoms with van der Waals surface area (Å²) in [6.07, 6.45) is 4.37. The summed E-state index contributed by atoms with van der Waals surface area (Å²) in [6, 6.07) is 3.56. The Balaban J connectivity index is 1.85. The van der Waals surface area contributed by atoms with Crippen LogP contribution in [-0.2, 0) is 13.0 Å². The van der Waals surface area contributed by atoms with E-state index in [9.17, 15) is 5.11 Å². The van der Waals surface area contributed by atoms with Crippen molar-refractivity contribution < 1.29 is 5.11 Å². The molecule has 0 radical (unpaired) electrons. The summed E-state index contributed by atoms with van der Waals surface area (Å²) in [6.45, 7) is 10.1. The highest BCUT2D eigenvalue weighted by Crippen LogP contribution is 2.42. The lowest BCUT2D eigenvalue weighted by molar-refractivity contribution is 0.0972. The van der Waals surface area contributed by atoms with Crippen molar-refractivity contribution in [1.29, 1.82) is 0 Å². The Morgan fingerprint density at radius 3 is 2.71 bits per heavy atom. The predicted molar refractivity (Wildman–Crippen MR) is 86.5 cm³/mol. The highest BCUT2D eigenvalue weighted by molar-refractivity contribution is 5.33. The number of aliphatic hydroxyl groups excluding tert-OH is 1. The maximum atomic E-state index is 10.5. The van der Waals surface area contributed by atoms with Crippen molar-refractivity contribution in [1.82, 2.24) is 9.47 Å². The Morgan fingerprint density at radius 1 is 1.43 bits per heavy atom. The normalized spacial score (nSPS) is 26.0. The third-order valence-electron chi connectivity index (χ3n) is 5.47. The molecule has 21 heavy (non-hydrogen) atoms. The van der Waals surface area contributed by atoms with Crippen molar-refractivity contribution in [3.63, 3.8) is 0 Å². The molecule has 2 unspecified atom stereocenters. The van der Waals surface area contributed by atoms with E-state index < -0.39 is 0 Å². The van der Waals surface area contributed by atoms with E-state index in [1.54, 1.807) is 0 Å². The molecule has 0 aromatic carbocycles. The van der Waals surface area contributed by atoms with E-state index in [0.29, 0.717) is 6.04 Å². The Hall–Kier alpha value is -0.800. The smallest absolute Gasteiger partial charge is 0.0812 e. The fourth-order valence-electron chi connectivity index (χ4n) is 3.89. The lowest BCUT2D eigenvalue weighted by Crippen LogP contribution is -2.36.